The van der Waals surface area contributed by atoms with Gasteiger partial charge in [0.15, 0.2) is 6.29 Å². The maximum absolute atomic E-state index is 11.9. The quantitative estimate of drug-likeness (QED) is 0.442. The highest BCUT2D eigenvalue weighted by atomic mass is 16.6. The lowest BCUT2D eigenvalue weighted by molar-refractivity contribution is -0.173. The van der Waals surface area contributed by atoms with Crippen LogP contribution >= 0.6 is 0 Å². The molecule has 0 aromatic heterocycles. The predicted molar refractivity (Wildman–Crippen MR) is 99.2 cm³/mol. The zero-order valence-electron chi connectivity index (χ0n) is 15.4. The van der Waals surface area contributed by atoms with Gasteiger partial charge in [0.25, 0.3) is 0 Å². The van der Waals surface area contributed by atoms with Crippen molar-refractivity contribution < 1.29 is 19.8 Å². The topological polar surface area (TPSA) is 106 Å². The number of aliphatic hydroxyl groups is 1. The fourth-order valence-corrected chi connectivity index (χ4v) is 3.11. The Morgan fingerprint density at radius 2 is 1.92 bits per heavy atom. The van der Waals surface area contributed by atoms with E-state index in [0.29, 0.717) is 31.7 Å². The molecule has 1 aromatic carbocycles. The van der Waals surface area contributed by atoms with Crippen LogP contribution in [0.4, 0.5) is 10.5 Å². The monoisotopic (exact) mass is 366 g/mol. The van der Waals surface area contributed by atoms with Crippen LogP contribution in [-0.4, -0.2) is 66.4 Å². The van der Waals surface area contributed by atoms with Crippen molar-refractivity contribution in [3.63, 3.8) is 0 Å². The molecule has 26 heavy (non-hydrogen) atoms. The van der Waals surface area contributed by atoms with Gasteiger partial charge in [0.1, 0.15) is 0 Å². The molecule has 1 saturated heterocycles. The maximum Gasteiger partial charge on any atom is 0.314 e. The second kappa shape index (κ2) is 10.3. The van der Waals surface area contributed by atoms with Crippen LogP contribution in [0.1, 0.15) is 25.3 Å². The van der Waals surface area contributed by atoms with Gasteiger partial charge in [0.2, 0.25) is 0 Å². The number of rotatable bonds is 8. The molecule has 1 aromatic rings. The third-order valence-electron chi connectivity index (χ3n) is 4.62. The van der Waals surface area contributed by atoms with E-state index >= 15 is 0 Å². The maximum atomic E-state index is 11.9. The Hall–Kier alpha value is -1.87. The fraction of sp³-hybridized carbons (Fsp3) is 0.611. The largest absolute Gasteiger partial charge is 0.368 e. The van der Waals surface area contributed by atoms with Crippen LogP contribution in [-0.2, 0) is 11.2 Å². The van der Waals surface area contributed by atoms with Crippen molar-refractivity contribution in [1.29, 1.82) is 0 Å². The molecule has 146 valence electrons. The fourth-order valence-electron chi connectivity index (χ4n) is 3.11. The number of carbonyl (C=O) groups is 1. The van der Waals surface area contributed by atoms with E-state index in [2.05, 4.69) is 21.0 Å². The van der Waals surface area contributed by atoms with Gasteiger partial charge in [-0.2, -0.15) is 0 Å². The van der Waals surface area contributed by atoms with Crippen LogP contribution < -0.4 is 16.1 Å². The van der Waals surface area contributed by atoms with E-state index in [1.807, 2.05) is 26.1 Å². The summed E-state index contributed by atoms with van der Waals surface area (Å²) in [6, 6.07) is 7.42. The number of hydrogen-bond donors (Lipinski definition) is 5. The first-order chi connectivity index (χ1) is 12.5. The summed E-state index contributed by atoms with van der Waals surface area (Å²) in [4.78, 5) is 14.0. The number of anilines is 1. The van der Waals surface area contributed by atoms with Gasteiger partial charge in [-0.25, -0.2) is 4.79 Å². The van der Waals surface area contributed by atoms with E-state index in [-0.39, 0.29) is 18.2 Å². The summed E-state index contributed by atoms with van der Waals surface area (Å²) in [6.45, 7) is 3.76. The third kappa shape index (κ3) is 6.80. The van der Waals surface area contributed by atoms with Crippen LogP contribution in [0, 0.1) is 0 Å². The second-order valence-electron chi connectivity index (χ2n) is 6.75. The Kier molecular flexibility index (Phi) is 8.11. The molecule has 0 saturated carbocycles. The normalized spacial score (nSPS) is 22.9. The molecule has 1 fully saturated rings. The van der Waals surface area contributed by atoms with Crippen molar-refractivity contribution >= 4 is 11.7 Å². The summed E-state index contributed by atoms with van der Waals surface area (Å²) in [5.74, 6) is 0. The zero-order valence-corrected chi connectivity index (χ0v) is 15.4. The van der Waals surface area contributed by atoms with Crippen molar-refractivity contribution in [3.05, 3.63) is 29.8 Å². The van der Waals surface area contributed by atoms with Gasteiger partial charge in [-0.05, 0) is 44.5 Å². The second-order valence-corrected chi connectivity index (χ2v) is 6.75. The van der Waals surface area contributed by atoms with E-state index in [1.54, 1.807) is 12.1 Å². The molecule has 0 aliphatic carbocycles. The van der Waals surface area contributed by atoms with Gasteiger partial charge in [-0.3, -0.25) is 10.7 Å². The molecule has 8 nitrogen and oxygen atoms in total. The number of urea groups is 1. The minimum atomic E-state index is -0.704. The third-order valence-corrected chi connectivity index (χ3v) is 4.62. The summed E-state index contributed by atoms with van der Waals surface area (Å²) in [5, 5.41) is 24.1. The number of nitrogens with one attached hydrogen (secondary N) is 3. The Labute approximate surface area is 154 Å². The lowest BCUT2D eigenvalue weighted by Gasteiger charge is -2.36. The van der Waals surface area contributed by atoms with E-state index < -0.39 is 6.29 Å². The highest BCUT2D eigenvalue weighted by Crippen LogP contribution is 2.21. The van der Waals surface area contributed by atoms with Crippen LogP contribution in [0.25, 0.3) is 0 Å². The van der Waals surface area contributed by atoms with E-state index in [1.165, 1.54) is 0 Å². The molecule has 3 atom stereocenters. The Balaban J connectivity index is 1.59. The molecule has 1 aliphatic rings. The molecular formula is C18H30N4O4. The summed E-state index contributed by atoms with van der Waals surface area (Å²) in [7, 11) is 2.00. The highest BCUT2D eigenvalue weighted by molar-refractivity contribution is 5.73. The van der Waals surface area contributed by atoms with Gasteiger partial charge in [-0.1, -0.05) is 12.1 Å². The first-order valence-corrected chi connectivity index (χ1v) is 9.02. The van der Waals surface area contributed by atoms with Crippen molar-refractivity contribution in [3.8, 4) is 0 Å². The number of amides is 2. The number of hydrogen-bond acceptors (Lipinski definition) is 6. The number of carbonyl (C=O) groups excluding carboxylic acids is 1. The highest BCUT2D eigenvalue weighted by Gasteiger charge is 2.28. The molecule has 3 unspecified atom stereocenters. The number of likely N-dealkylation sites (N-methyl/N-ethyl adjacent to an activating group) is 1. The molecule has 8 heteroatoms. The van der Waals surface area contributed by atoms with Gasteiger partial charge >= 0.3 is 6.03 Å². The summed E-state index contributed by atoms with van der Waals surface area (Å²) in [6.07, 6.45) is 1.54. The first-order valence-electron chi connectivity index (χ1n) is 9.02. The number of aliphatic hydroxyl groups excluding tert-OH is 1. The Bertz CT molecular complexity index is 545. The van der Waals surface area contributed by atoms with Crippen molar-refractivity contribution in [1.82, 2.24) is 15.5 Å². The molecule has 0 bridgehead atoms. The molecule has 5 N–H and O–H groups in total. The van der Waals surface area contributed by atoms with Crippen LogP contribution in [0.3, 0.4) is 0 Å². The average molecular weight is 366 g/mol. The van der Waals surface area contributed by atoms with Gasteiger partial charge in [0.05, 0.1) is 11.8 Å². The van der Waals surface area contributed by atoms with E-state index in [4.69, 9.17) is 9.94 Å². The van der Waals surface area contributed by atoms with Crippen LogP contribution in [0.2, 0.25) is 0 Å². The number of nitrogens with zero attached hydrogens (tertiary/aromatic N) is 1. The molecule has 0 radical (unpaired) electrons. The smallest absolute Gasteiger partial charge is 0.314 e. The first kappa shape index (κ1) is 20.4. The zero-order chi connectivity index (χ0) is 18.9. The van der Waals surface area contributed by atoms with E-state index in [0.717, 1.165) is 18.4 Å². The lowest BCUT2D eigenvalue weighted by atomic mass is 10.0. The molecule has 1 heterocycles. The minimum absolute atomic E-state index is 0.0460. The van der Waals surface area contributed by atoms with Crippen molar-refractivity contribution in [2.45, 2.75) is 44.6 Å². The summed E-state index contributed by atoms with van der Waals surface area (Å²) >= 11 is 0. The minimum Gasteiger partial charge on any atom is -0.368 e. The summed E-state index contributed by atoms with van der Waals surface area (Å²) < 4.78 is 5.34. The molecular weight excluding hydrogens is 336 g/mol. The predicted octanol–water partition coefficient (Wildman–Crippen LogP) is 1.15. The van der Waals surface area contributed by atoms with Gasteiger partial charge in [0, 0.05) is 32.1 Å². The molecule has 2 rings (SSSR count). The van der Waals surface area contributed by atoms with E-state index in [9.17, 15) is 9.90 Å². The van der Waals surface area contributed by atoms with Crippen molar-refractivity contribution in [2.24, 2.45) is 0 Å². The Morgan fingerprint density at radius 3 is 2.58 bits per heavy atom. The average Bonchev–Trinajstić information content (AvgIpc) is 2.61. The molecule has 0 spiro atoms. The summed E-state index contributed by atoms with van der Waals surface area (Å²) in [5.41, 5.74) is 3.80. The Morgan fingerprint density at radius 1 is 1.23 bits per heavy atom. The van der Waals surface area contributed by atoms with Crippen LogP contribution in [0.15, 0.2) is 24.3 Å². The standard InChI is InChI=1S/C18H30N4O4/c1-13-11-16(12-17(23)26-13)22(2)10-9-20-18(24)19-8-7-14-3-5-15(21-25)6-4-14/h3-6,13,16-17,21,23,25H,7-12H2,1-2H3,(H2,19,20,24). The van der Waals surface area contributed by atoms with Gasteiger partial charge < -0.3 is 25.4 Å². The van der Waals surface area contributed by atoms with Crippen molar-refractivity contribution in [2.75, 3.05) is 32.2 Å². The number of ether oxygens (including phenoxy) is 1. The lowest BCUT2D eigenvalue weighted by Crippen LogP contribution is -2.46. The molecule has 2 amide bonds. The van der Waals surface area contributed by atoms with Crippen LogP contribution in [0.5, 0.6) is 0 Å². The number of benzene rings is 1. The van der Waals surface area contributed by atoms with Gasteiger partial charge in [-0.15, -0.1) is 0 Å². The SMILES string of the molecule is CC1CC(N(C)CCNC(=O)NCCc2ccc(NO)cc2)CC(O)O1. The molecule has 1 aliphatic heterocycles.